The molecule has 0 saturated heterocycles. The van der Waals surface area contributed by atoms with Gasteiger partial charge in [-0.1, -0.05) is 328 Å². The average Bonchev–Trinajstić information content (AvgIpc) is 1.57. The summed E-state index contributed by atoms with van der Waals surface area (Å²) in [6.45, 7) is 0. The minimum absolute atomic E-state index is 1.06. The van der Waals surface area contributed by atoms with Crippen LogP contribution in [0.1, 0.15) is 0 Å². The first kappa shape index (κ1) is 67.5. The Balaban J connectivity index is 0.592. The first-order chi connectivity index (χ1) is 57.5. The standard InChI is InChI=1S/C112H74N4/c1-3-22-75(23-4-1)78-46-58-91(59-47-78)113(95-32-19-29-84(73-95)85-45-44-77-26-7-8-28-83(77)70-85)93-64-52-82(53-65-93)100-35-12-16-41-107(100)116-108-42-17-13-37-103(108)104-68-56-90-72-87(55-67-102(90)112(104)116)86-54-66-98-88(71-86)31-21-39-97(98)89-30-20-33-96(74-89)114(92-60-48-79(49-61-92)76-24-5-2-6-25-76)94-62-50-81(51-63-94)99-34-11-15-40-106(99)115-109-43-18-14-38-105(109)111-101-36-10-9-27-80(101)57-69-110(111)115/h1-74H. The molecule has 0 aliphatic carbocycles. The molecule has 2 heterocycles. The quantitative estimate of drug-likeness (QED) is 0.102. The van der Waals surface area contributed by atoms with Gasteiger partial charge in [-0.25, -0.2) is 0 Å². The maximum atomic E-state index is 2.51. The molecule has 542 valence electrons. The van der Waals surface area contributed by atoms with Crippen LogP contribution in [0.2, 0.25) is 0 Å². The van der Waals surface area contributed by atoms with Gasteiger partial charge in [0.15, 0.2) is 0 Å². The number of nitrogens with zero attached hydrogens (tertiary/aromatic N) is 4. The van der Waals surface area contributed by atoms with Gasteiger partial charge < -0.3 is 18.9 Å². The highest BCUT2D eigenvalue weighted by molar-refractivity contribution is 6.22. The van der Waals surface area contributed by atoms with E-state index in [1.807, 2.05) is 0 Å². The smallest absolute Gasteiger partial charge is 0.0619 e. The van der Waals surface area contributed by atoms with Crippen LogP contribution in [0.25, 0.3) is 176 Å². The highest BCUT2D eigenvalue weighted by Gasteiger charge is 2.24. The Morgan fingerprint density at radius 3 is 1.14 bits per heavy atom. The fraction of sp³-hybridized carbons (Fsp3) is 0. The number of fused-ring (bicyclic) bond motifs is 12. The molecule has 0 saturated carbocycles. The van der Waals surface area contributed by atoms with Crippen molar-refractivity contribution < 1.29 is 0 Å². The molecule has 0 amide bonds. The van der Waals surface area contributed by atoms with E-state index in [-0.39, 0.29) is 0 Å². The molecular formula is C112H74N4. The number of aromatic nitrogens is 2. The van der Waals surface area contributed by atoms with Gasteiger partial charge in [0, 0.05) is 72.2 Å². The van der Waals surface area contributed by atoms with Crippen LogP contribution in [-0.4, -0.2) is 9.13 Å². The molecule has 22 rings (SSSR count). The van der Waals surface area contributed by atoms with E-state index < -0.39 is 0 Å². The van der Waals surface area contributed by atoms with Gasteiger partial charge in [-0.05, 0) is 226 Å². The fourth-order valence-corrected chi connectivity index (χ4v) is 18.1. The molecule has 0 radical (unpaired) electrons. The summed E-state index contributed by atoms with van der Waals surface area (Å²) in [4.78, 5) is 4.78. The van der Waals surface area contributed by atoms with Crippen molar-refractivity contribution in [2.75, 3.05) is 9.80 Å². The summed E-state index contributed by atoms with van der Waals surface area (Å²) in [6.07, 6.45) is 0. The van der Waals surface area contributed by atoms with E-state index in [2.05, 4.69) is 468 Å². The van der Waals surface area contributed by atoms with Gasteiger partial charge >= 0.3 is 0 Å². The zero-order chi connectivity index (χ0) is 76.6. The maximum absolute atomic E-state index is 2.51. The van der Waals surface area contributed by atoms with Crippen molar-refractivity contribution in [3.8, 4) is 89.3 Å². The van der Waals surface area contributed by atoms with E-state index in [0.717, 1.165) is 84.4 Å². The predicted octanol–water partition coefficient (Wildman–Crippen LogP) is 31.1. The number of benzene rings is 20. The normalized spacial score (nSPS) is 11.6. The first-order valence-corrected chi connectivity index (χ1v) is 39.9. The second-order valence-electron chi connectivity index (χ2n) is 30.3. The van der Waals surface area contributed by atoms with Gasteiger partial charge in [0.1, 0.15) is 0 Å². The van der Waals surface area contributed by atoms with E-state index in [1.165, 1.54) is 126 Å². The van der Waals surface area contributed by atoms with Crippen molar-refractivity contribution in [3.63, 3.8) is 0 Å². The van der Waals surface area contributed by atoms with Crippen molar-refractivity contribution in [2.45, 2.75) is 0 Å². The minimum atomic E-state index is 1.06. The Morgan fingerprint density at radius 2 is 0.526 bits per heavy atom. The molecule has 0 fully saturated rings. The first-order valence-electron chi connectivity index (χ1n) is 39.9. The molecule has 0 spiro atoms. The molecule has 22 aromatic rings. The highest BCUT2D eigenvalue weighted by atomic mass is 15.1. The van der Waals surface area contributed by atoms with E-state index in [4.69, 9.17) is 0 Å². The third-order valence-corrected chi connectivity index (χ3v) is 23.7. The Labute approximate surface area is 673 Å². The van der Waals surface area contributed by atoms with Gasteiger partial charge in [0.25, 0.3) is 0 Å². The molecule has 2 aromatic heterocycles. The lowest BCUT2D eigenvalue weighted by Crippen LogP contribution is -2.10. The van der Waals surface area contributed by atoms with E-state index in [9.17, 15) is 0 Å². The molecule has 4 heteroatoms. The lowest BCUT2D eigenvalue weighted by atomic mass is 9.94. The van der Waals surface area contributed by atoms with Crippen LogP contribution in [0, 0.1) is 0 Å². The number of hydrogen-bond acceptors (Lipinski definition) is 2. The summed E-state index contributed by atoms with van der Waals surface area (Å²) < 4.78 is 4.96. The van der Waals surface area contributed by atoms with Crippen LogP contribution >= 0.6 is 0 Å². The average molecular weight is 1480 g/mol. The summed E-state index contributed by atoms with van der Waals surface area (Å²) in [5.41, 5.74) is 29.7. The second-order valence-corrected chi connectivity index (χ2v) is 30.3. The Bertz CT molecular complexity index is 7540. The monoisotopic (exact) mass is 1470 g/mol. The van der Waals surface area contributed by atoms with E-state index in [0.29, 0.717) is 0 Å². The predicted molar refractivity (Wildman–Crippen MR) is 493 cm³/mol. The number of rotatable bonds is 15. The van der Waals surface area contributed by atoms with Gasteiger partial charge in [-0.2, -0.15) is 0 Å². The fourth-order valence-electron chi connectivity index (χ4n) is 18.1. The molecule has 0 bridgehead atoms. The van der Waals surface area contributed by atoms with Gasteiger partial charge in [-0.15, -0.1) is 0 Å². The molecule has 0 N–H and O–H groups in total. The number of hydrogen-bond donors (Lipinski definition) is 0. The third-order valence-electron chi connectivity index (χ3n) is 23.7. The van der Waals surface area contributed by atoms with Crippen LogP contribution in [0.5, 0.6) is 0 Å². The molecule has 20 aromatic carbocycles. The summed E-state index contributed by atoms with van der Waals surface area (Å²) in [5, 5.41) is 14.7. The summed E-state index contributed by atoms with van der Waals surface area (Å²) in [5.74, 6) is 0. The third kappa shape index (κ3) is 11.9. The molecule has 0 atom stereocenters. The largest absolute Gasteiger partial charge is 0.310 e. The lowest BCUT2D eigenvalue weighted by molar-refractivity contribution is 1.18. The Kier molecular flexibility index (Phi) is 16.6. The van der Waals surface area contributed by atoms with Gasteiger partial charge in [0.2, 0.25) is 0 Å². The van der Waals surface area contributed by atoms with Crippen molar-refractivity contribution in [1.29, 1.82) is 0 Å². The SMILES string of the molecule is c1ccc(-c2ccc(N(c3ccc(-c4ccccc4-n4c5ccccc5c5ccc6cc(-c7ccc8c(-c9cccc(N(c%10ccc(-c%11ccccc%11)cc%10)c%10ccc(-c%11ccccc%11-n%11c%12ccccc%12c%12c%13ccccc%13ccc%12%11)cc%10)c9)cccc8c7)ccc6c54)cc3)c3cccc(-c4ccc5ccccc5c4)c3)cc2)cc1. The molecule has 4 nitrogen and oxygen atoms in total. The summed E-state index contributed by atoms with van der Waals surface area (Å²) in [7, 11) is 0. The van der Waals surface area contributed by atoms with Crippen LogP contribution < -0.4 is 9.80 Å². The van der Waals surface area contributed by atoms with Crippen molar-refractivity contribution in [3.05, 3.63) is 449 Å². The summed E-state index contributed by atoms with van der Waals surface area (Å²) >= 11 is 0. The van der Waals surface area contributed by atoms with Crippen LogP contribution in [0.15, 0.2) is 449 Å². The molecule has 0 aliphatic heterocycles. The second kappa shape index (κ2) is 28.4. The van der Waals surface area contributed by atoms with Crippen molar-refractivity contribution in [2.24, 2.45) is 0 Å². The van der Waals surface area contributed by atoms with Crippen LogP contribution in [0.3, 0.4) is 0 Å². The van der Waals surface area contributed by atoms with Crippen LogP contribution in [0.4, 0.5) is 34.1 Å². The van der Waals surface area contributed by atoms with Gasteiger partial charge in [0.05, 0.1) is 33.4 Å². The minimum Gasteiger partial charge on any atom is -0.310 e. The Morgan fingerprint density at radius 1 is 0.155 bits per heavy atom. The van der Waals surface area contributed by atoms with E-state index in [1.54, 1.807) is 0 Å². The molecular weight excluding hydrogens is 1400 g/mol. The zero-order valence-electron chi connectivity index (χ0n) is 63.5. The van der Waals surface area contributed by atoms with Crippen LogP contribution in [-0.2, 0) is 0 Å². The maximum Gasteiger partial charge on any atom is 0.0619 e. The zero-order valence-corrected chi connectivity index (χ0v) is 63.5. The number of para-hydroxylation sites is 4. The molecule has 116 heavy (non-hydrogen) atoms. The van der Waals surface area contributed by atoms with Crippen molar-refractivity contribution in [1.82, 2.24) is 9.13 Å². The molecule has 0 aliphatic rings. The Hall–Kier alpha value is -15.4. The molecule has 0 unspecified atom stereocenters. The van der Waals surface area contributed by atoms with E-state index >= 15 is 0 Å². The van der Waals surface area contributed by atoms with Gasteiger partial charge in [-0.3, -0.25) is 0 Å². The summed E-state index contributed by atoms with van der Waals surface area (Å²) in [6, 6.07) is 165. The lowest BCUT2D eigenvalue weighted by Gasteiger charge is -2.27. The topological polar surface area (TPSA) is 16.3 Å². The van der Waals surface area contributed by atoms with Crippen molar-refractivity contribution >= 4 is 121 Å². The highest BCUT2D eigenvalue weighted by Crippen LogP contribution is 2.47. The number of anilines is 6.